The van der Waals surface area contributed by atoms with Crippen LogP contribution in [0.1, 0.15) is 64.5 Å². The Morgan fingerprint density at radius 3 is 2.42 bits per heavy atom. The molecule has 3 heterocycles. The minimum Gasteiger partial charge on any atom is -0.445 e. The van der Waals surface area contributed by atoms with Crippen LogP contribution in [0.3, 0.4) is 0 Å². The fourth-order valence-corrected chi connectivity index (χ4v) is 8.53. The van der Waals surface area contributed by atoms with E-state index < -0.39 is 10.0 Å². The zero-order chi connectivity index (χ0) is 29.9. The summed E-state index contributed by atoms with van der Waals surface area (Å²) < 4.78 is 37.8. The Morgan fingerprint density at radius 1 is 1.02 bits per heavy atom. The number of ether oxygens (including phenoxy) is 1. The molecular formula is C32H42N6O4S. The highest BCUT2D eigenvalue weighted by Gasteiger charge is 2.43. The normalized spacial score (nSPS) is 25.8. The van der Waals surface area contributed by atoms with E-state index >= 15 is 0 Å². The summed E-state index contributed by atoms with van der Waals surface area (Å²) in [7, 11) is -3.74. The molecule has 1 unspecified atom stereocenters. The van der Waals surface area contributed by atoms with Gasteiger partial charge in [0, 0.05) is 60.9 Å². The Labute approximate surface area is 254 Å². The van der Waals surface area contributed by atoms with Crippen molar-refractivity contribution in [1.29, 1.82) is 0 Å². The summed E-state index contributed by atoms with van der Waals surface area (Å²) in [6.07, 6.45) is 6.46. The number of fused-ring (bicyclic) bond motifs is 1. The van der Waals surface area contributed by atoms with Crippen LogP contribution in [0.4, 0.5) is 10.5 Å². The first-order chi connectivity index (χ1) is 20.6. The summed E-state index contributed by atoms with van der Waals surface area (Å²) in [4.78, 5) is 19.9. The monoisotopic (exact) mass is 606 g/mol. The maximum absolute atomic E-state index is 13.7. The van der Waals surface area contributed by atoms with Crippen LogP contribution in [0.2, 0.25) is 0 Å². The highest BCUT2D eigenvalue weighted by Crippen LogP contribution is 2.40. The first-order valence-electron chi connectivity index (χ1n) is 15.6. The molecule has 0 spiro atoms. The van der Waals surface area contributed by atoms with Crippen LogP contribution in [0.15, 0.2) is 53.6 Å². The second-order valence-electron chi connectivity index (χ2n) is 13.3. The van der Waals surface area contributed by atoms with Gasteiger partial charge < -0.3 is 14.5 Å². The predicted molar refractivity (Wildman–Crippen MR) is 166 cm³/mol. The standard InChI is InChI=1S/C32H42N6O4S/c1-22-18-36(19-23(2)37(22)25-9-10-25)29-15-27(43(40,41)34-32(3)12-13-32)16-30-28(29)17-33-38(30)26-11-14-35(20-26)31(39)42-21-24-7-5-4-6-8-24/h4-8,15-17,22-23,25-26,34H,9-14,18-21H2,1-3H3/t22-,23+,26?. The summed E-state index contributed by atoms with van der Waals surface area (Å²) in [5, 5.41) is 5.75. The summed E-state index contributed by atoms with van der Waals surface area (Å²) >= 11 is 0. The lowest BCUT2D eigenvalue weighted by Crippen LogP contribution is -2.57. The SMILES string of the molecule is C[C@@H]1CN(c2cc(S(=O)(=O)NC3(C)CC3)cc3c2cnn3C2CCN(C(=O)OCc3ccccc3)C2)C[C@H](C)N1C1CC1. The topological polar surface area (TPSA) is 100 Å². The third kappa shape index (κ3) is 5.74. The maximum Gasteiger partial charge on any atom is 0.410 e. The van der Waals surface area contributed by atoms with Crippen molar-refractivity contribution in [3.8, 4) is 0 Å². The Balaban J connectivity index is 1.18. The number of hydrogen-bond donors (Lipinski definition) is 1. The quantitative estimate of drug-likeness (QED) is 0.403. The van der Waals surface area contributed by atoms with E-state index in [0.29, 0.717) is 37.6 Å². The molecule has 0 bridgehead atoms. The number of benzene rings is 2. The van der Waals surface area contributed by atoms with Crippen LogP contribution < -0.4 is 9.62 Å². The van der Waals surface area contributed by atoms with Gasteiger partial charge >= 0.3 is 6.09 Å². The van der Waals surface area contributed by atoms with Gasteiger partial charge in [-0.2, -0.15) is 5.10 Å². The van der Waals surface area contributed by atoms with Crippen molar-refractivity contribution in [2.75, 3.05) is 31.1 Å². The van der Waals surface area contributed by atoms with Gasteiger partial charge in [0.1, 0.15) is 6.61 Å². The van der Waals surface area contributed by atoms with Crippen molar-refractivity contribution >= 4 is 32.7 Å². The number of sulfonamides is 1. The largest absolute Gasteiger partial charge is 0.445 e. The predicted octanol–water partition coefficient (Wildman–Crippen LogP) is 4.51. The molecule has 1 amide bonds. The van der Waals surface area contributed by atoms with Crippen LogP contribution in [0, 0.1) is 0 Å². The summed E-state index contributed by atoms with van der Waals surface area (Å²) in [5.74, 6) is 0. The third-order valence-corrected chi connectivity index (χ3v) is 11.2. The third-order valence-electron chi connectivity index (χ3n) is 9.63. The first kappa shape index (κ1) is 28.6. The van der Waals surface area contributed by atoms with Gasteiger partial charge in [0.15, 0.2) is 0 Å². The van der Waals surface area contributed by atoms with Gasteiger partial charge in [-0.25, -0.2) is 17.9 Å². The lowest BCUT2D eigenvalue weighted by Gasteiger charge is -2.46. The minimum atomic E-state index is -3.74. The molecule has 2 aliphatic carbocycles. The molecule has 2 aromatic carbocycles. The molecule has 2 aliphatic heterocycles. The highest BCUT2D eigenvalue weighted by molar-refractivity contribution is 7.89. The molecule has 0 radical (unpaired) electrons. The molecule has 3 aromatic rings. The molecule has 230 valence electrons. The number of rotatable bonds is 8. The van der Waals surface area contributed by atoms with Gasteiger partial charge in [-0.15, -0.1) is 0 Å². The van der Waals surface area contributed by atoms with E-state index in [1.807, 2.05) is 54.2 Å². The van der Waals surface area contributed by atoms with E-state index in [0.717, 1.165) is 48.1 Å². The number of nitrogens with zero attached hydrogens (tertiary/aromatic N) is 5. The van der Waals surface area contributed by atoms with E-state index in [-0.39, 0.29) is 29.2 Å². The molecule has 2 saturated carbocycles. The molecule has 4 aliphatic rings. The van der Waals surface area contributed by atoms with E-state index in [2.05, 4.69) is 28.4 Å². The van der Waals surface area contributed by atoms with Gasteiger partial charge in [-0.05, 0) is 70.6 Å². The Morgan fingerprint density at radius 2 is 1.74 bits per heavy atom. The zero-order valence-corrected chi connectivity index (χ0v) is 26.1. The number of hydrogen-bond acceptors (Lipinski definition) is 7. The van der Waals surface area contributed by atoms with Gasteiger partial charge in [0.25, 0.3) is 0 Å². The fraction of sp³-hybridized carbons (Fsp3) is 0.562. The average molecular weight is 607 g/mol. The lowest BCUT2D eigenvalue weighted by molar-refractivity contribution is 0.103. The van der Waals surface area contributed by atoms with E-state index in [1.54, 1.807) is 11.0 Å². The second kappa shape index (κ2) is 10.8. The smallest absolute Gasteiger partial charge is 0.410 e. The molecule has 2 saturated heterocycles. The number of nitrogens with one attached hydrogen (secondary N) is 1. The van der Waals surface area contributed by atoms with Crippen LogP contribution in [0.5, 0.6) is 0 Å². The molecule has 43 heavy (non-hydrogen) atoms. The Kier molecular flexibility index (Phi) is 7.17. The van der Waals surface area contributed by atoms with Crippen molar-refractivity contribution in [2.24, 2.45) is 0 Å². The number of piperazine rings is 1. The van der Waals surface area contributed by atoms with Crippen molar-refractivity contribution in [1.82, 2.24) is 24.3 Å². The fourth-order valence-electron chi connectivity index (χ4n) is 7.02. The van der Waals surface area contributed by atoms with Crippen LogP contribution in [-0.4, -0.2) is 83.9 Å². The highest BCUT2D eigenvalue weighted by atomic mass is 32.2. The number of likely N-dealkylation sites (tertiary alicyclic amines) is 1. The van der Waals surface area contributed by atoms with Gasteiger partial charge in [0.2, 0.25) is 10.0 Å². The molecule has 7 rings (SSSR count). The van der Waals surface area contributed by atoms with Gasteiger partial charge in [0.05, 0.1) is 22.7 Å². The van der Waals surface area contributed by atoms with Crippen molar-refractivity contribution in [3.05, 3.63) is 54.2 Å². The molecule has 3 atom stereocenters. The maximum atomic E-state index is 13.7. The van der Waals surface area contributed by atoms with Crippen molar-refractivity contribution in [2.45, 2.75) is 94.1 Å². The number of carbonyl (C=O) groups excluding carboxylic acids is 1. The van der Waals surface area contributed by atoms with E-state index in [9.17, 15) is 13.2 Å². The van der Waals surface area contributed by atoms with E-state index in [1.165, 1.54) is 12.8 Å². The van der Waals surface area contributed by atoms with E-state index in [4.69, 9.17) is 9.84 Å². The summed E-state index contributed by atoms with van der Waals surface area (Å²) in [5.41, 5.74) is 2.27. The molecule has 10 nitrogen and oxygen atoms in total. The molecule has 11 heteroatoms. The zero-order valence-electron chi connectivity index (χ0n) is 25.3. The lowest BCUT2D eigenvalue weighted by atomic mass is 10.1. The Bertz CT molecular complexity index is 1610. The van der Waals surface area contributed by atoms with Crippen LogP contribution >= 0.6 is 0 Å². The molecular weight excluding hydrogens is 564 g/mol. The minimum absolute atomic E-state index is 0.0777. The molecule has 1 N–H and O–H groups in total. The number of carbonyl (C=O) groups is 1. The molecule has 1 aromatic heterocycles. The van der Waals surface area contributed by atoms with Crippen LogP contribution in [-0.2, 0) is 21.4 Å². The number of anilines is 1. The van der Waals surface area contributed by atoms with Gasteiger partial charge in [-0.3, -0.25) is 9.58 Å². The van der Waals surface area contributed by atoms with Crippen LogP contribution in [0.25, 0.3) is 10.9 Å². The van der Waals surface area contributed by atoms with Crippen molar-refractivity contribution in [3.63, 3.8) is 0 Å². The number of amides is 1. The average Bonchev–Trinajstić information content (AvgIpc) is 3.83. The molecule has 4 fully saturated rings. The second-order valence-corrected chi connectivity index (χ2v) is 15.0. The number of aromatic nitrogens is 2. The van der Waals surface area contributed by atoms with Crippen molar-refractivity contribution < 1.29 is 17.9 Å². The summed E-state index contributed by atoms with van der Waals surface area (Å²) in [6.45, 7) is 9.43. The van der Waals surface area contributed by atoms with Gasteiger partial charge in [-0.1, -0.05) is 30.3 Å². The Hall–Kier alpha value is -3.15. The first-order valence-corrected chi connectivity index (χ1v) is 17.1. The summed E-state index contributed by atoms with van der Waals surface area (Å²) in [6, 6.07) is 14.6.